The fourth-order valence-corrected chi connectivity index (χ4v) is 6.47. The van der Waals surface area contributed by atoms with Crippen LogP contribution in [0.3, 0.4) is 0 Å². The number of methoxy groups -OCH3 is 2. The highest BCUT2D eigenvalue weighted by atomic mass is 16.5. The van der Waals surface area contributed by atoms with Gasteiger partial charge in [0.1, 0.15) is 11.5 Å². The van der Waals surface area contributed by atoms with Crippen molar-refractivity contribution in [1.29, 1.82) is 0 Å². The van der Waals surface area contributed by atoms with Gasteiger partial charge in [0.05, 0.1) is 14.2 Å². The van der Waals surface area contributed by atoms with Crippen molar-refractivity contribution in [2.24, 2.45) is 0 Å². The highest BCUT2D eigenvalue weighted by molar-refractivity contribution is 5.61. The molecule has 2 unspecified atom stereocenters. The Morgan fingerprint density at radius 3 is 1.21 bits per heavy atom. The van der Waals surface area contributed by atoms with Gasteiger partial charge in [0.25, 0.3) is 0 Å². The number of hydrogen-bond donors (Lipinski definition) is 4. The Bertz CT molecular complexity index is 1950. The first-order valence-corrected chi connectivity index (χ1v) is 19.5. The average Bonchev–Trinajstić information content (AvgIpc) is 3.09. The molecule has 4 N–H and O–H groups in total. The monoisotopic (exact) mass is 765 g/mol. The number of phenols is 4. The molecule has 4 aromatic rings. The van der Waals surface area contributed by atoms with Crippen molar-refractivity contribution >= 4 is 12.2 Å². The molecule has 0 saturated heterocycles. The number of aromatic hydroxyl groups is 4. The lowest BCUT2D eigenvalue weighted by Gasteiger charge is -2.29. The van der Waals surface area contributed by atoms with E-state index in [1.165, 1.54) is 5.56 Å². The summed E-state index contributed by atoms with van der Waals surface area (Å²) in [4.78, 5) is 0. The Kier molecular flexibility index (Phi) is 14.3. The number of allylic oxidation sites excluding steroid dienone is 2. The third-order valence-electron chi connectivity index (χ3n) is 10.1. The molecule has 4 aromatic carbocycles. The van der Waals surface area contributed by atoms with Gasteiger partial charge in [-0.05, 0) is 103 Å². The summed E-state index contributed by atoms with van der Waals surface area (Å²) in [5, 5.41) is 41.3. The molecule has 0 spiro atoms. The van der Waals surface area contributed by atoms with Crippen molar-refractivity contribution in [3.8, 4) is 34.5 Å². The van der Waals surface area contributed by atoms with Crippen molar-refractivity contribution in [3.05, 3.63) is 117 Å². The number of rotatable bonds is 8. The molecule has 56 heavy (non-hydrogen) atoms. The van der Waals surface area contributed by atoms with Crippen LogP contribution < -0.4 is 9.47 Å². The predicted molar refractivity (Wildman–Crippen MR) is 235 cm³/mol. The van der Waals surface area contributed by atoms with E-state index in [4.69, 9.17) is 9.47 Å². The first kappa shape index (κ1) is 45.5. The van der Waals surface area contributed by atoms with E-state index in [2.05, 4.69) is 139 Å². The molecule has 0 amide bonds. The molecule has 0 aromatic heterocycles. The summed E-state index contributed by atoms with van der Waals surface area (Å²) in [7, 11) is 3.10. The molecule has 6 nitrogen and oxygen atoms in total. The molecular formula is C50H68O6. The lowest BCUT2D eigenvalue weighted by molar-refractivity contribution is 0.373. The Balaban J connectivity index is 0.000000300. The standard InChI is InChI=1S/2C25H34O3/c1-16(18-11-12-21(26)22(15-18)28-8)9-10-17-13-19(24(2,3)4)23(27)20(14-17)25(5,6)7;1-16(9-10-17-11-12-21(26)22(13-17)28-8)18-14-19(24(2,3)4)23(27)20(15-18)25(5,6)7/h2*9-16,26-27H,1-8H3/b2*10-9+. The van der Waals surface area contributed by atoms with Crippen LogP contribution in [-0.2, 0) is 21.7 Å². The fraction of sp³-hybridized carbons (Fsp3) is 0.440. The summed E-state index contributed by atoms with van der Waals surface area (Å²) in [6, 6.07) is 19.1. The number of ether oxygens (including phenoxy) is 2. The van der Waals surface area contributed by atoms with Crippen LogP contribution in [0.1, 0.15) is 153 Å². The van der Waals surface area contributed by atoms with Gasteiger partial charge in [0.15, 0.2) is 23.0 Å². The maximum absolute atomic E-state index is 10.9. The largest absolute Gasteiger partial charge is 0.507 e. The van der Waals surface area contributed by atoms with Crippen molar-refractivity contribution in [3.63, 3.8) is 0 Å². The van der Waals surface area contributed by atoms with Crippen molar-refractivity contribution in [2.45, 2.75) is 130 Å². The Morgan fingerprint density at radius 1 is 0.446 bits per heavy atom. The highest BCUT2D eigenvalue weighted by Gasteiger charge is 2.28. The second-order valence-corrected chi connectivity index (χ2v) is 19.1. The van der Waals surface area contributed by atoms with Gasteiger partial charge in [-0.25, -0.2) is 0 Å². The molecule has 0 aliphatic rings. The van der Waals surface area contributed by atoms with E-state index in [0.717, 1.165) is 38.9 Å². The molecule has 6 heteroatoms. The molecule has 0 saturated carbocycles. The van der Waals surface area contributed by atoms with Gasteiger partial charge in [-0.3, -0.25) is 0 Å². The van der Waals surface area contributed by atoms with Gasteiger partial charge in [0, 0.05) is 11.1 Å². The first-order chi connectivity index (χ1) is 25.7. The summed E-state index contributed by atoms with van der Waals surface area (Å²) in [6.45, 7) is 29.7. The van der Waals surface area contributed by atoms with Gasteiger partial charge < -0.3 is 29.9 Å². The van der Waals surface area contributed by atoms with Gasteiger partial charge in [-0.2, -0.15) is 0 Å². The molecule has 0 heterocycles. The highest BCUT2D eigenvalue weighted by Crippen LogP contribution is 2.42. The Hall–Kier alpha value is -4.84. The van der Waals surface area contributed by atoms with Crippen LogP contribution in [0.15, 0.2) is 72.8 Å². The third-order valence-corrected chi connectivity index (χ3v) is 10.1. The minimum Gasteiger partial charge on any atom is -0.507 e. The molecule has 0 fully saturated rings. The van der Waals surface area contributed by atoms with E-state index in [-0.39, 0.29) is 45.0 Å². The van der Waals surface area contributed by atoms with Crippen LogP contribution in [0, 0.1) is 0 Å². The summed E-state index contributed by atoms with van der Waals surface area (Å²) in [5.74, 6) is 2.34. The fourth-order valence-electron chi connectivity index (χ4n) is 6.47. The number of phenolic OH excluding ortho intramolecular Hbond substituents is 4. The Labute approximate surface area is 337 Å². The molecule has 0 aliphatic heterocycles. The molecule has 0 bridgehead atoms. The zero-order valence-corrected chi connectivity index (χ0v) is 36.8. The lowest BCUT2D eigenvalue weighted by atomic mass is 9.77. The van der Waals surface area contributed by atoms with Crippen LogP contribution in [0.5, 0.6) is 34.5 Å². The predicted octanol–water partition coefficient (Wildman–Crippen LogP) is 13.0. The summed E-state index contributed by atoms with van der Waals surface area (Å²) in [5.41, 5.74) is 7.55. The first-order valence-electron chi connectivity index (χ1n) is 19.5. The van der Waals surface area contributed by atoms with E-state index in [1.54, 1.807) is 26.4 Å². The molecule has 2 atom stereocenters. The van der Waals surface area contributed by atoms with Gasteiger partial charge in [-0.15, -0.1) is 0 Å². The van der Waals surface area contributed by atoms with Crippen molar-refractivity contribution in [2.75, 3.05) is 14.2 Å². The maximum atomic E-state index is 10.9. The van der Waals surface area contributed by atoms with Crippen LogP contribution in [-0.4, -0.2) is 34.6 Å². The van der Waals surface area contributed by atoms with Gasteiger partial charge in [0.2, 0.25) is 0 Å². The van der Waals surface area contributed by atoms with Gasteiger partial charge >= 0.3 is 0 Å². The quantitative estimate of drug-likeness (QED) is 0.143. The minimum absolute atomic E-state index is 0.135. The van der Waals surface area contributed by atoms with Gasteiger partial charge in [-0.1, -0.05) is 146 Å². The van der Waals surface area contributed by atoms with E-state index in [1.807, 2.05) is 30.3 Å². The summed E-state index contributed by atoms with van der Waals surface area (Å²) in [6.07, 6.45) is 8.41. The second kappa shape index (κ2) is 17.5. The third kappa shape index (κ3) is 11.6. The van der Waals surface area contributed by atoms with Crippen LogP contribution in [0.4, 0.5) is 0 Å². The second-order valence-electron chi connectivity index (χ2n) is 19.1. The molecule has 4 rings (SSSR count). The zero-order chi connectivity index (χ0) is 42.6. The zero-order valence-electron chi connectivity index (χ0n) is 36.8. The molecule has 304 valence electrons. The van der Waals surface area contributed by atoms with Crippen LogP contribution >= 0.6 is 0 Å². The smallest absolute Gasteiger partial charge is 0.161 e. The molecular weight excluding hydrogens is 697 g/mol. The summed E-state index contributed by atoms with van der Waals surface area (Å²) < 4.78 is 10.4. The van der Waals surface area contributed by atoms with Crippen LogP contribution in [0.25, 0.3) is 12.2 Å². The van der Waals surface area contributed by atoms with E-state index in [0.29, 0.717) is 23.0 Å². The van der Waals surface area contributed by atoms with Crippen molar-refractivity contribution in [1.82, 2.24) is 0 Å². The Morgan fingerprint density at radius 2 is 0.804 bits per heavy atom. The number of hydrogen-bond acceptors (Lipinski definition) is 6. The SMILES string of the molecule is COc1cc(/C=C/C(C)c2cc(C(C)(C)C)c(O)c(C(C)(C)C)c2)ccc1O.COc1cc(C(C)/C=C/c2cc(C(C)(C)C)c(O)c(C(C)(C)C)c2)ccc1O. The maximum Gasteiger partial charge on any atom is 0.161 e. The summed E-state index contributed by atoms with van der Waals surface area (Å²) >= 11 is 0. The molecule has 0 radical (unpaired) electrons. The normalized spacial score (nSPS) is 13.7. The topological polar surface area (TPSA) is 99.4 Å². The number of benzene rings is 4. The minimum atomic E-state index is -0.149. The average molecular weight is 765 g/mol. The van der Waals surface area contributed by atoms with Crippen LogP contribution in [0.2, 0.25) is 0 Å². The van der Waals surface area contributed by atoms with Crippen molar-refractivity contribution < 1.29 is 29.9 Å². The van der Waals surface area contributed by atoms with E-state index in [9.17, 15) is 20.4 Å². The lowest BCUT2D eigenvalue weighted by Crippen LogP contribution is -2.18. The van der Waals surface area contributed by atoms with E-state index >= 15 is 0 Å². The molecule has 0 aliphatic carbocycles. The van der Waals surface area contributed by atoms with E-state index < -0.39 is 0 Å².